The zero-order chi connectivity index (χ0) is 16.7. The molecule has 0 bridgehead atoms. The predicted octanol–water partition coefficient (Wildman–Crippen LogP) is 2.46. The Balaban J connectivity index is 1.90. The molecule has 1 amide bonds. The van der Waals surface area contributed by atoms with Gasteiger partial charge >= 0.3 is 0 Å². The van der Waals surface area contributed by atoms with E-state index in [4.69, 9.17) is 15.9 Å². The third-order valence-corrected chi connectivity index (χ3v) is 3.77. The summed E-state index contributed by atoms with van der Waals surface area (Å²) in [5, 5.41) is 11.0. The molecular formula is C17H21N3O3. The molecule has 1 atom stereocenters. The Hall–Kier alpha value is -2.39. The summed E-state index contributed by atoms with van der Waals surface area (Å²) in [6.45, 7) is 0.464. The number of nitrogens with one attached hydrogen (secondary N) is 1. The van der Waals surface area contributed by atoms with Crippen molar-refractivity contribution in [1.29, 1.82) is 0 Å². The van der Waals surface area contributed by atoms with Crippen LogP contribution in [0.1, 0.15) is 30.9 Å². The monoisotopic (exact) mass is 315 g/mol. The van der Waals surface area contributed by atoms with Gasteiger partial charge in [-0.15, -0.1) is 12.3 Å². The summed E-state index contributed by atoms with van der Waals surface area (Å²) in [7, 11) is 3.06. The van der Waals surface area contributed by atoms with E-state index in [2.05, 4.69) is 21.5 Å². The molecule has 0 aromatic heterocycles. The molecule has 6 nitrogen and oxygen atoms in total. The fourth-order valence-corrected chi connectivity index (χ4v) is 2.40. The molecule has 1 unspecified atom stereocenters. The number of benzene rings is 1. The highest BCUT2D eigenvalue weighted by molar-refractivity contribution is 5.83. The molecule has 122 valence electrons. The first-order valence-electron chi connectivity index (χ1n) is 7.47. The van der Waals surface area contributed by atoms with Gasteiger partial charge in [-0.05, 0) is 6.07 Å². The van der Waals surface area contributed by atoms with Gasteiger partial charge in [-0.3, -0.25) is 4.79 Å². The Labute approximate surface area is 136 Å². The lowest BCUT2D eigenvalue weighted by molar-refractivity contribution is -0.131. The average molecular weight is 315 g/mol. The van der Waals surface area contributed by atoms with Gasteiger partial charge < -0.3 is 14.8 Å². The SMILES string of the molecule is C#CCCC1(CCNC(=O)C(OC)c2ccccc2OC)N=N1. The van der Waals surface area contributed by atoms with Crippen molar-refractivity contribution in [3.8, 4) is 18.1 Å². The molecule has 0 spiro atoms. The van der Waals surface area contributed by atoms with Crippen molar-refractivity contribution < 1.29 is 14.3 Å². The first-order valence-corrected chi connectivity index (χ1v) is 7.47. The number of carbonyl (C=O) groups excluding carboxylic acids is 1. The molecule has 0 radical (unpaired) electrons. The third-order valence-electron chi connectivity index (χ3n) is 3.77. The van der Waals surface area contributed by atoms with Crippen LogP contribution < -0.4 is 10.1 Å². The van der Waals surface area contributed by atoms with E-state index in [9.17, 15) is 4.79 Å². The third kappa shape index (κ3) is 4.30. The van der Waals surface area contributed by atoms with Crippen molar-refractivity contribution in [3.63, 3.8) is 0 Å². The molecule has 23 heavy (non-hydrogen) atoms. The Morgan fingerprint density at radius 1 is 1.35 bits per heavy atom. The van der Waals surface area contributed by atoms with Crippen LogP contribution in [0.25, 0.3) is 0 Å². The second kappa shape index (κ2) is 7.75. The maximum atomic E-state index is 12.4. The van der Waals surface area contributed by atoms with Crippen molar-refractivity contribution in [1.82, 2.24) is 5.32 Å². The van der Waals surface area contributed by atoms with E-state index in [1.165, 1.54) is 7.11 Å². The number of hydrogen-bond donors (Lipinski definition) is 1. The summed E-state index contributed by atoms with van der Waals surface area (Å²) in [5.41, 5.74) is 0.296. The van der Waals surface area contributed by atoms with Crippen molar-refractivity contribution in [2.75, 3.05) is 20.8 Å². The minimum absolute atomic E-state index is 0.218. The average Bonchev–Trinajstić information content (AvgIpc) is 3.34. The molecule has 1 aliphatic heterocycles. The number of methoxy groups -OCH3 is 2. The molecule has 1 heterocycles. The lowest BCUT2D eigenvalue weighted by Crippen LogP contribution is -2.33. The molecule has 1 aromatic carbocycles. The number of hydrogen-bond acceptors (Lipinski definition) is 5. The van der Waals surface area contributed by atoms with E-state index in [1.54, 1.807) is 13.2 Å². The number of rotatable bonds is 9. The minimum Gasteiger partial charge on any atom is -0.496 e. The Morgan fingerprint density at radius 3 is 2.70 bits per heavy atom. The van der Waals surface area contributed by atoms with Gasteiger partial charge in [0.15, 0.2) is 11.8 Å². The van der Waals surface area contributed by atoms with Crippen LogP contribution >= 0.6 is 0 Å². The molecule has 0 fully saturated rings. The highest BCUT2D eigenvalue weighted by Crippen LogP contribution is 2.36. The van der Waals surface area contributed by atoms with Gasteiger partial charge in [0.25, 0.3) is 5.91 Å². The van der Waals surface area contributed by atoms with Crippen LogP contribution in [-0.4, -0.2) is 32.3 Å². The lowest BCUT2D eigenvalue weighted by atomic mass is 10.0. The van der Waals surface area contributed by atoms with Crippen molar-refractivity contribution >= 4 is 5.91 Å². The van der Waals surface area contributed by atoms with Gasteiger partial charge in [0.1, 0.15) is 5.75 Å². The molecule has 0 aliphatic carbocycles. The van der Waals surface area contributed by atoms with Crippen LogP contribution in [-0.2, 0) is 9.53 Å². The van der Waals surface area contributed by atoms with Gasteiger partial charge in [0.2, 0.25) is 0 Å². The van der Waals surface area contributed by atoms with Gasteiger partial charge in [-0.25, -0.2) is 0 Å². The van der Waals surface area contributed by atoms with Gasteiger partial charge in [-0.1, -0.05) is 18.2 Å². The highest BCUT2D eigenvalue weighted by atomic mass is 16.5. The molecule has 1 N–H and O–H groups in total. The first kappa shape index (κ1) is 17.0. The van der Waals surface area contributed by atoms with Crippen LogP contribution in [0.2, 0.25) is 0 Å². The van der Waals surface area contributed by atoms with Crippen LogP contribution in [0.3, 0.4) is 0 Å². The van der Waals surface area contributed by atoms with Crippen molar-refractivity contribution in [2.24, 2.45) is 10.2 Å². The number of amides is 1. The summed E-state index contributed by atoms with van der Waals surface area (Å²) in [4.78, 5) is 12.4. The largest absolute Gasteiger partial charge is 0.496 e. The number of ether oxygens (including phenoxy) is 2. The standard InChI is InChI=1S/C17H21N3O3/c1-4-5-10-17(19-20-17)11-12-18-16(21)15(23-3)13-8-6-7-9-14(13)22-2/h1,6-9,15H,5,10-12H2,2-3H3,(H,18,21). The number of carbonyl (C=O) groups is 1. The van der Waals surface area contributed by atoms with Crippen molar-refractivity contribution in [2.45, 2.75) is 31.0 Å². The minimum atomic E-state index is -0.721. The van der Waals surface area contributed by atoms with E-state index in [0.717, 1.165) is 6.42 Å². The maximum absolute atomic E-state index is 12.4. The second-order valence-electron chi connectivity index (χ2n) is 5.29. The highest BCUT2D eigenvalue weighted by Gasteiger charge is 2.38. The number of para-hydroxylation sites is 1. The lowest BCUT2D eigenvalue weighted by Gasteiger charge is -2.18. The second-order valence-corrected chi connectivity index (χ2v) is 5.29. The normalized spacial score (nSPS) is 15.5. The molecule has 6 heteroatoms. The van der Waals surface area contributed by atoms with Crippen LogP contribution in [0.4, 0.5) is 0 Å². The Morgan fingerprint density at radius 2 is 2.09 bits per heavy atom. The molecule has 1 aliphatic rings. The van der Waals surface area contributed by atoms with Crippen LogP contribution in [0.5, 0.6) is 5.75 Å². The number of nitrogens with zero attached hydrogens (tertiary/aromatic N) is 2. The molecule has 2 rings (SSSR count). The fraction of sp³-hybridized carbons (Fsp3) is 0.471. The van der Waals surface area contributed by atoms with Gasteiger partial charge in [0.05, 0.1) is 7.11 Å². The van der Waals surface area contributed by atoms with Crippen molar-refractivity contribution in [3.05, 3.63) is 29.8 Å². The topological polar surface area (TPSA) is 72.3 Å². The van der Waals surface area contributed by atoms with E-state index < -0.39 is 11.8 Å². The summed E-state index contributed by atoms with van der Waals surface area (Å²) in [6.07, 6.45) is 6.53. The smallest absolute Gasteiger partial charge is 0.253 e. The van der Waals surface area contributed by atoms with Gasteiger partial charge in [-0.2, -0.15) is 10.2 Å². The fourth-order valence-electron chi connectivity index (χ4n) is 2.40. The quantitative estimate of drug-likeness (QED) is 0.712. The van der Waals surface area contributed by atoms with Crippen LogP contribution in [0, 0.1) is 12.3 Å². The summed E-state index contributed by atoms with van der Waals surface area (Å²) >= 11 is 0. The number of terminal acetylenes is 1. The first-order chi connectivity index (χ1) is 11.2. The zero-order valence-corrected chi connectivity index (χ0v) is 13.4. The molecular weight excluding hydrogens is 294 g/mol. The maximum Gasteiger partial charge on any atom is 0.253 e. The van der Waals surface area contributed by atoms with E-state index in [1.807, 2.05) is 18.2 Å². The zero-order valence-electron chi connectivity index (χ0n) is 13.4. The van der Waals surface area contributed by atoms with E-state index in [0.29, 0.717) is 30.7 Å². The van der Waals surface area contributed by atoms with Gasteiger partial charge in [0, 0.05) is 38.5 Å². The summed E-state index contributed by atoms with van der Waals surface area (Å²) in [5.74, 6) is 2.98. The summed E-state index contributed by atoms with van der Waals surface area (Å²) < 4.78 is 10.6. The van der Waals surface area contributed by atoms with E-state index in [-0.39, 0.29) is 5.91 Å². The summed E-state index contributed by atoms with van der Waals surface area (Å²) in [6, 6.07) is 7.30. The Bertz CT molecular complexity index is 616. The predicted molar refractivity (Wildman–Crippen MR) is 86.0 cm³/mol. The molecule has 1 aromatic rings. The molecule has 0 saturated carbocycles. The molecule has 0 saturated heterocycles. The van der Waals surface area contributed by atoms with E-state index >= 15 is 0 Å². The Kier molecular flexibility index (Phi) is 5.72. The van der Waals surface area contributed by atoms with Crippen LogP contribution in [0.15, 0.2) is 34.5 Å².